The number of carbonyl (C=O) groups excluding carboxylic acids is 1. The number of ether oxygens (including phenoxy) is 1. The molecule has 0 radical (unpaired) electrons. The summed E-state index contributed by atoms with van der Waals surface area (Å²) in [7, 11) is 3.35. The molecule has 0 aliphatic carbocycles. The second-order valence-electron chi connectivity index (χ2n) is 8.55. The van der Waals surface area contributed by atoms with Crippen LogP contribution in [-0.4, -0.2) is 40.6 Å². The van der Waals surface area contributed by atoms with E-state index in [0.717, 1.165) is 11.1 Å². The van der Waals surface area contributed by atoms with E-state index < -0.39 is 12.0 Å². The summed E-state index contributed by atoms with van der Waals surface area (Å²) in [5.74, 6) is 0.0371. The van der Waals surface area contributed by atoms with Crippen LogP contribution in [0.25, 0.3) is 10.9 Å². The van der Waals surface area contributed by atoms with Gasteiger partial charge in [-0.3, -0.25) is 14.2 Å². The molecule has 0 saturated carbocycles. The first kappa shape index (κ1) is 24.4. The first-order valence-corrected chi connectivity index (χ1v) is 11.9. The Bertz CT molecular complexity index is 1300. The van der Waals surface area contributed by atoms with E-state index >= 15 is 0 Å². The number of methoxy groups -OCH3 is 1. The minimum Gasteiger partial charge on any atom is -0.383 e. The van der Waals surface area contributed by atoms with Crippen LogP contribution in [0.3, 0.4) is 0 Å². The molecular formula is C29H31N3O3. The highest BCUT2D eigenvalue weighted by Crippen LogP contribution is 2.32. The maximum Gasteiger partial charge on any atom is 0.261 e. The quantitative estimate of drug-likeness (QED) is 0.357. The molecule has 1 amide bonds. The van der Waals surface area contributed by atoms with Crippen LogP contribution in [-0.2, 0) is 16.6 Å². The molecule has 4 aromatic rings. The summed E-state index contributed by atoms with van der Waals surface area (Å²) < 4.78 is 6.96. The van der Waals surface area contributed by atoms with Crippen molar-refractivity contribution in [1.29, 1.82) is 0 Å². The molecule has 0 bridgehead atoms. The molecule has 180 valence electrons. The molecule has 1 aromatic heterocycles. The van der Waals surface area contributed by atoms with E-state index in [-0.39, 0.29) is 11.5 Å². The van der Waals surface area contributed by atoms with E-state index in [1.54, 1.807) is 24.8 Å². The van der Waals surface area contributed by atoms with E-state index in [1.165, 1.54) is 0 Å². The van der Waals surface area contributed by atoms with Crippen LogP contribution in [0, 0.1) is 0 Å². The number of fused-ring (bicyclic) bond motifs is 1. The SMILES string of the molecule is CCC(c1nc2ccccc2c(=O)n1C)N(CCOC)C(=O)C(c1ccccc1)c1ccccc1. The molecule has 35 heavy (non-hydrogen) atoms. The van der Waals surface area contributed by atoms with Gasteiger partial charge >= 0.3 is 0 Å². The summed E-state index contributed by atoms with van der Waals surface area (Å²) in [4.78, 5) is 34.2. The van der Waals surface area contributed by atoms with Gasteiger partial charge in [0.25, 0.3) is 5.56 Å². The summed E-state index contributed by atoms with van der Waals surface area (Å²) >= 11 is 0. The molecule has 0 spiro atoms. The van der Waals surface area contributed by atoms with Crippen LogP contribution in [0.4, 0.5) is 0 Å². The van der Waals surface area contributed by atoms with Crippen LogP contribution in [0.5, 0.6) is 0 Å². The van der Waals surface area contributed by atoms with E-state index in [9.17, 15) is 9.59 Å². The number of hydrogen-bond acceptors (Lipinski definition) is 4. The zero-order valence-corrected chi connectivity index (χ0v) is 20.4. The Labute approximate surface area is 205 Å². The topological polar surface area (TPSA) is 64.4 Å². The number of hydrogen-bond donors (Lipinski definition) is 0. The molecule has 0 aliphatic rings. The van der Waals surface area contributed by atoms with Gasteiger partial charge in [0, 0.05) is 20.7 Å². The first-order chi connectivity index (χ1) is 17.1. The summed E-state index contributed by atoms with van der Waals surface area (Å²) in [6.45, 7) is 2.77. The average Bonchev–Trinajstić information content (AvgIpc) is 2.90. The number of nitrogens with zero attached hydrogens (tertiary/aromatic N) is 3. The predicted molar refractivity (Wildman–Crippen MR) is 138 cm³/mol. The molecule has 1 heterocycles. The number of benzene rings is 3. The van der Waals surface area contributed by atoms with Crippen molar-refractivity contribution in [1.82, 2.24) is 14.5 Å². The lowest BCUT2D eigenvalue weighted by Gasteiger charge is -2.34. The molecule has 6 nitrogen and oxygen atoms in total. The highest BCUT2D eigenvalue weighted by molar-refractivity contribution is 5.87. The Morgan fingerprint density at radius 3 is 2.09 bits per heavy atom. The Balaban J connectivity index is 1.84. The van der Waals surface area contributed by atoms with Crippen LogP contribution in [0.2, 0.25) is 0 Å². The maximum atomic E-state index is 14.3. The number of aromatic nitrogens is 2. The van der Waals surface area contributed by atoms with Gasteiger partial charge in [-0.2, -0.15) is 0 Å². The zero-order valence-electron chi connectivity index (χ0n) is 20.4. The summed E-state index contributed by atoms with van der Waals surface area (Å²) in [5.41, 5.74) is 2.35. The normalized spacial score (nSPS) is 12.1. The van der Waals surface area contributed by atoms with Crippen molar-refractivity contribution >= 4 is 16.8 Å². The van der Waals surface area contributed by atoms with Gasteiger partial charge in [-0.15, -0.1) is 0 Å². The van der Waals surface area contributed by atoms with E-state index in [1.807, 2.05) is 90.7 Å². The van der Waals surface area contributed by atoms with E-state index in [0.29, 0.717) is 36.3 Å². The molecule has 0 aliphatic heterocycles. The van der Waals surface area contributed by atoms with Crippen molar-refractivity contribution in [2.24, 2.45) is 7.05 Å². The molecule has 1 atom stereocenters. The Morgan fingerprint density at radius 1 is 0.943 bits per heavy atom. The summed E-state index contributed by atoms with van der Waals surface area (Å²) in [6, 6.07) is 26.5. The lowest BCUT2D eigenvalue weighted by Crippen LogP contribution is -2.42. The lowest BCUT2D eigenvalue weighted by atomic mass is 9.89. The van der Waals surface area contributed by atoms with Crippen molar-refractivity contribution in [2.45, 2.75) is 25.3 Å². The highest BCUT2D eigenvalue weighted by Gasteiger charge is 2.33. The van der Waals surface area contributed by atoms with Gasteiger partial charge in [0.05, 0.1) is 29.5 Å². The monoisotopic (exact) mass is 469 g/mol. The third-order valence-corrected chi connectivity index (χ3v) is 6.41. The second-order valence-corrected chi connectivity index (χ2v) is 8.55. The highest BCUT2D eigenvalue weighted by atomic mass is 16.5. The molecular weight excluding hydrogens is 438 g/mol. The van der Waals surface area contributed by atoms with Crippen LogP contribution in [0.15, 0.2) is 89.7 Å². The lowest BCUT2D eigenvalue weighted by molar-refractivity contribution is -0.135. The minimum atomic E-state index is -0.485. The molecule has 6 heteroatoms. The average molecular weight is 470 g/mol. The molecule has 0 N–H and O–H groups in total. The van der Waals surface area contributed by atoms with Crippen molar-refractivity contribution in [3.05, 3.63) is 112 Å². The summed E-state index contributed by atoms with van der Waals surface area (Å²) in [6.07, 6.45) is 0.602. The molecule has 0 saturated heterocycles. The smallest absolute Gasteiger partial charge is 0.261 e. The van der Waals surface area contributed by atoms with Gasteiger partial charge in [-0.1, -0.05) is 79.7 Å². The third-order valence-electron chi connectivity index (χ3n) is 6.41. The third kappa shape index (κ3) is 5.03. The van der Waals surface area contributed by atoms with Crippen LogP contribution in [0.1, 0.15) is 42.3 Å². The second kappa shape index (κ2) is 11.1. The number of para-hydroxylation sites is 1. The minimum absolute atomic E-state index is 0.0475. The fraction of sp³-hybridized carbons (Fsp3) is 0.276. The molecule has 4 rings (SSSR count). The molecule has 0 fully saturated rings. The van der Waals surface area contributed by atoms with E-state index in [2.05, 4.69) is 0 Å². The standard InChI is InChI=1S/C29H31N3O3/c1-4-25(27-30-24-18-12-11-17-23(24)28(33)31(27)2)32(19-20-35-3)29(34)26(21-13-7-5-8-14-21)22-15-9-6-10-16-22/h5-18,25-26H,4,19-20H2,1-3H3. The van der Waals surface area contributed by atoms with Gasteiger partial charge in [0.2, 0.25) is 5.91 Å². The van der Waals surface area contributed by atoms with E-state index in [4.69, 9.17) is 9.72 Å². The fourth-order valence-electron chi connectivity index (χ4n) is 4.62. The molecule has 3 aromatic carbocycles. The van der Waals surface area contributed by atoms with Crippen molar-refractivity contribution in [3.63, 3.8) is 0 Å². The van der Waals surface area contributed by atoms with Crippen molar-refractivity contribution in [2.75, 3.05) is 20.3 Å². The largest absolute Gasteiger partial charge is 0.383 e. The Hall–Kier alpha value is -3.77. The van der Waals surface area contributed by atoms with Gasteiger partial charge < -0.3 is 9.64 Å². The fourth-order valence-corrected chi connectivity index (χ4v) is 4.62. The number of rotatable bonds is 9. The van der Waals surface area contributed by atoms with Crippen molar-refractivity contribution in [3.8, 4) is 0 Å². The van der Waals surface area contributed by atoms with Crippen LogP contribution >= 0.6 is 0 Å². The number of amides is 1. The van der Waals surface area contributed by atoms with Gasteiger partial charge in [-0.05, 0) is 29.7 Å². The Kier molecular flexibility index (Phi) is 7.73. The van der Waals surface area contributed by atoms with Gasteiger partial charge in [0.1, 0.15) is 5.82 Å². The van der Waals surface area contributed by atoms with Gasteiger partial charge in [0.15, 0.2) is 0 Å². The zero-order chi connectivity index (χ0) is 24.8. The first-order valence-electron chi connectivity index (χ1n) is 11.9. The molecule has 1 unspecified atom stereocenters. The Morgan fingerprint density at radius 2 is 1.51 bits per heavy atom. The predicted octanol–water partition coefficient (Wildman–Crippen LogP) is 4.69. The maximum absolute atomic E-state index is 14.3. The summed E-state index contributed by atoms with van der Waals surface area (Å²) in [5, 5.41) is 0.565. The van der Waals surface area contributed by atoms with Crippen LogP contribution < -0.4 is 5.56 Å². The van der Waals surface area contributed by atoms with Gasteiger partial charge in [-0.25, -0.2) is 4.98 Å². The number of carbonyl (C=O) groups is 1. The van der Waals surface area contributed by atoms with Crippen molar-refractivity contribution < 1.29 is 9.53 Å².